The van der Waals surface area contributed by atoms with Crippen molar-refractivity contribution in [2.45, 2.75) is 19.8 Å². The second-order valence-electron chi connectivity index (χ2n) is 4.52. The van der Waals surface area contributed by atoms with E-state index < -0.39 is 0 Å². The number of nitrogens with zero attached hydrogens (tertiary/aromatic N) is 4. The van der Waals surface area contributed by atoms with Gasteiger partial charge in [-0.25, -0.2) is 0 Å². The fourth-order valence-electron chi connectivity index (χ4n) is 1.91. The van der Waals surface area contributed by atoms with Gasteiger partial charge in [-0.05, 0) is 12.5 Å². The Kier molecular flexibility index (Phi) is 3.96. The smallest absolute Gasteiger partial charge is 0.227 e. The Hall–Kier alpha value is -2.21. The van der Waals surface area contributed by atoms with Crippen LogP contribution >= 0.6 is 11.6 Å². The highest BCUT2D eigenvalue weighted by Crippen LogP contribution is 2.23. The summed E-state index contributed by atoms with van der Waals surface area (Å²) < 4.78 is 10.2. The number of rotatable bonds is 5. The normalized spacial score (nSPS) is 11.0. The molecule has 6 nitrogen and oxygen atoms in total. The van der Waals surface area contributed by atoms with Crippen molar-refractivity contribution in [3.8, 4) is 22.8 Å². The van der Waals surface area contributed by atoms with Gasteiger partial charge in [0.2, 0.25) is 23.4 Å². The van der Waals surface area contributed by atoms with Crippen molar-refractivity contribution in [2.24, 2.45) is 0 Å². The topological polar surface area (TPSA) is 77.8 Å². The summed E-state index contributed by atoms with van der Waals surface area (Å²) in [5, 5.41) is 7.89. The zero-order valence-corrected chi connectivity index (χ0v) is 12.2. The third-order valence-corrected chi connectivity index (χ3v) is 3.17. The van der Waals surface area contributed by atoms with Gasteiger partial charge in [-0.15, -0.1) is 11.6 Å². The van der Waals surface area contributed by atoms with Crippen LogP contribution in [0.4, 0.5) is 0 Å². The Bertz CT molecular complexity index is 738. The van der Waals surface area contributed by atoms with Crippen molar-refractivity contribution >= 4 is 11.6 Å². The van der Waals surface area contributed by atoms with Gasteiger partial charge in [0.25, 0.3) is 0 Å². The van der Waals surface area contributed by atoms with Crippen molar-refractivity contribution in [2.75, 3.05) is 5.88 Å². The summed E-state index contributed by atoms with van der Waals surface area (Å²) >= 11 is 5.65. The molecule has 0 spiro atoms. The number of halogens is 1. The highest BCUT2D eigenvalue weighted by Gasteiger charge is 2.11. The summed E-state index contributed by atoms with van der Waals surface area (Å²) in [4.78, 5) is 8.56. The lowest BCUT2D eigenvalue weighted by Crippen LogP contribution is -1.87. The third-order valence-electron chi connectivity index (χ3n) is 2.90. The van der Waals surface area contributed by atoms with Gasteiger partial charge in [-0.3, -0.25) is 0 Å². The molecule has 108 valence electrons. The molecule has 0 radical (unpaired) electrons. The first-order valence-electron chi connectivity index (χ1n) is 6.56. The van der Waals surface area contributed by atoms with Gasteiger partial charge in [-0.1, -0.05) is 28.5 Å². The van der Waals surface area contributed by atoms with E-state index in [-0.39, 0.29) is 0 Å². The van der Waals surface area contributed by atoms with Crippen LogP contribution in [0.25, 0.3) is 22.8 Å². The highest BCUT2D eigenvalue weighted by molar-refractivity contribution is 6.17. The van der Waals surface area contributed by atoms with Crippen LogP contribution in [-0.2, 0) is 6.42 Å². The maximum absolute atomic E-state index is 5.65. The lowest BCUT2D eigenvalue weighted by atomic mass is 10.1. The van der Waals surface area contributed by atoms with E-state index in [1.165, 1.54) is 0 Å². The summed E-state index contributed by atoms with van der Waals surface area (Å²) in [6.45, 7) is 1.75. The predicted molar refractivity (Wildman–Crippen MR) is 76.8 cm³/mol. The van der Waals surface area contributed by atoms with Gasteiger partial charge in [0.15, 0.2) is 0 Å². The summed E-state index contributed by atoms with van der Waals surface area (Å²) in [5.41, 5.74) is 1.69. The molecule has 0 aliphatic heterocycles. The average molecular weight is 305 g/mol. The van der Waals surface area contributed by atoms with Crippen LogP contribution in [0.2, 0.25) is 0 Å². The molecule has 0 N–H and O–H groups in total. The minimum atomic E-state index is 0.526. The molecule has 0 atom stereocenters. The lowest BCUT2D eigenvalue weighted by molar-refractivity contribution is 0.378. The molecule has 21 heavy (non-hydrogen) atoms. The first kappa shape index (κ1) is 13.8. The van der Waals surface area contributed by atoms with E-state index in [1.807, 2.05) is 24.3 Å². The minimum absolute atomic E-state index is 0.526. The van der Waals surface area contributed by atoms with Crippen LogP contribution in [-0.4, -0.2) is 26.2 Å². The van der Waals surface area contributed by atoms with Crippen molar-refractivity contribution in [3.63, 3.8) is 0 Å². The van der Waals surface area contributed by atoms with Crippen LogP contribution in [0.5, 0.6) is 0 Å². The Balaban J connectivity index is 1.87. The van der Waals surface area contributed by atoms with Gasteiger partial charge in [0, 0.05) is 30.4 Å². The molecule has 0 unspecified atom stereocenters. The van der Waals surface area contributed by atoms with Crippen LogP contribution in [0.15, 0.2) is 33.3 Å². The molecule has 2 aromatic heterocycles. The van der Waals surface area contributed by atoms with Crippen molar-refractivity contribution < 1.29 is 9.05 Å². The third kappa shape index (κ3) is 3.11. The zero-order valence-electron chi connectivity index (χ0n) is 11.4. The molecule has 0 aliphatic carbocycles. The van der Waals surface area contributed by atoms with Gasteiger partial charge in [0.05, 0.1) is 0 Å². The molecule has 0 bridgehead atoms. The molecule has 3 aromatic rings. The van der Waals surface area contributed by atoms with Crippen molar-refractivity contribution in [1.82, 2.24) is 20.3 Å². The number of alkyl halides is 1. The molecule has 0 saturated heterocycles. The molecular weight excluding hydrogens is 292 g/mol. The second kappa shape index (κ2) is 6.05. The molecule has 0 fully saturated rings. The maximum Gasteiger partial charge on any atom is 0.227 e. The van der Waals surface area contributed by atoms with Crippen LogP contribution in [0.3, 0.4) is 0 Å². The van der Waals surface area contributed by atoms with Crippen LogP contribution in [0, 0.1) is 6.92 Å². The minimum Gasteiger partial charge on any atom is -0.339 e. The van der Waals surface area contributed by atoms with Gasteiger partial charge in [0.1, 0.15) is 0 Å². The van der Waals surface area contributed by atoms with Crippen LogP contribution in [0.1, 0.15) is 18.2 Å². The Morgan fingerprint density at radius 3 is 2.43 bits per heavy atom. The molecule has 7 heteroatoms. The summed E-state index contributed by atoms with van der Waals surface area (Å²) in [5.74, 6) is 2.77. The molecule has 3 rings (SSSR count). The van der Waals surface area contributed by atoms with E-state index in [0.29, 0.717) is 35.7 Å². The van der Waals surface area contributed by atoms with Gasteiger partial charge >= 0.3 is 0 Å². The van der Waals surface area contributed by atoms with E-state index >= 15 is 0 Å². The summed E-state index contributed by atoms with van der Waals surface area (Å²) in [6, 6.07) is 7.61. The largest absolute Gasteiger partial charge is 0.339 e. The van der Waals surface area contributed by atoms with Crippen molar-refractivity contribution in [3.05, 3.63) is 36.0 Å². The molecule has 0 aliphatic rings. The van der Waals surface area contributed by atoms with Crippen LogP contribution < -0.4 is 0 Å². The maximum atomic E-state index is 5.65. The fourth-order valence-corrected chi connectivity index (χ4v) is 2.04. The van der Waals surface area contributed by atoms with Gasteiger partial charge < -0.3 is 9.05 Å². The number of hydrogen-bond donors (Lipinski definition) is 0. The average Bonchev–Trinajstić information content (AvgIpc) is 3.14. The zero-order chi connectivity index (χ0) is 14.7. The lowest BCUT2D eigenvalue weighted by Gasteiger charge is -1.97. The predicted octanol–water partition coefficient (Wildman–Crippen LogP) is 3.27. The molecule has 0 saturated carbocycles. The summed E-state index contributed by atoms with van der Waals surface area (Å²) in [6.07, 6.45) is 1.49. The van der Waals surface area contributed by atoms with Crippen molar-refractivity contribution in [1.29, 1.82) is 0 Å². The van der Waals surface area contributed by atoms with E-state index in [0.717, 1.165) is 17.5 Å². The molecule has 1 aromatic carbocycles. The van der Waals surface area contributed by atoms with E-state index in [9.17, 15) is 0 Å². The van der Waals surface area contributed by atoms with E-state index in [4.69, 9.17) is 20.6 Å². The molecule has 2 heterocycles. The molecular formula is C14H13ClN4O2. The fraction of sp³-hybridized carbons (Fsp3) is 0.286. The highest BCUT2D eigenvalue weighted by atomic mass is 35.5. The monoisotopic (exact) mass is 304 g/mol. The SMILES string of the molecule is Cc1nc(-c2cccc(-c3noc(CCCCl)n3)c2)no1. The van der Waals surface area contributed by atoms with E-state index in [1.54, 1.807) is 6.92 Å². The quantitative estimate of drug-likeness (QED) is 0.673. The number of hydrogen-bond acceptors (Lipinski definition) is 6. The standard InChI is InChI=1S/C14H13ClN4O2/c1-9-16-13(18-20-9)10-4-2-5-11(8-10)14-17-12(21-19-14)6-3-7-15/h2,4-5,8H,3,6-7H2,1H3. The Morgan fingerprint density at radius 1 is 1.05 bits per heavy atom. The summed E-state index contributed by atoms with van der Waals surface area (Å²) in [7, 11) is 0. The Labute approximate surface area is 126 Å². The first-order chi connectivity index (χ1) is 10.3. The number of benzene rings is 1. The number of aromatic nitrogens is 4. The number of aryl methyl sites for hydroxylation is 2. The van der Waals surface area contributed by atoms with E-state index in [2.05, 4.69) is 20.3 Å². The second-order valence-corrected chi connectivity index (χ2v) is 4.90. The molecule has 0 amide bonds. The Morgan fingerprint density at radius 2 is 1.76 bits per heavy atom. The first-order valence-corrected chi connectivity index (χ1v) is 7.09. The van der Waals surface area contributed by atoms with Gasteiger partial charge in [-0.2, -0.15) is 9.97 Å².